The summed E-state index contributed by atoms with van der Waals surface area (Å²) in [5.74, 6) is -1.23. The molecule has 150 valence electrons. The SMILES string of the molecule is CN(C)S(=O)(=O)C[C@@H]1CN(C(=O)C2(Cc3ccccc3F)CNC2)C[C@@H]1O. The highest BCUT2D eigenvalue weighted by atomic mass is 32.2. The Balaban J connectivity index is 1.72. The molecule has 0 bridgehead atoms. The van der Waals surface area contributed by atoms with Gasteiger partial charge in [0.2, 0.25) is 15.9 Å². The Morgan fingerprint density at radius 2 is 2.00 bits per heavy atom. The van der Waals surface area contributed by atoms with Crippen LogP contribution in [0.25, 0.3) is 0 Å². The lowest BCUT2D eigenvalue weighted by Crippen LogP contribution is -2.63. The minimum atomic E-state index is -3.47. The van der Waals surface area contributed by atoms with Crippen molar-refractivity contribution in [1.29, 1.82) is 0 Å². The van der Waals surface area contributed by atoms with Gasteiger partial charge in [-0.2, -0.15) is 0 Å². The molecule has 2 aliphatic rings. The number of nitrogens with one attached hydrogen (secondary N) is 1. The first kappa shape index (κ1) is 20.2. The summed E-state index contributed by atoms with van der Waals surface area (Å²) in [7, 11) is -0.577. The fourth-order valence-corrected chi connectivity index (χ4v) is 4.89. The second-order valence-corrected chi connectivity index (χ2v) is 9.98. The molecule has 2 N–H and O–H groups in total. The Morgan fingerprint density at radius 3 is 2.56 bits per heavy atom. The molecule has 1 amide bonds. The Hall–Kier alpha value is -1.55. The minimum absolute atomic E-state index is 0.103. The zero-order valence-electron chi connectivity index (χ0n) is 15.6. The quantitative estimate of drug-likeness (QED) is 0.684. The summed E-state index contributed by atoms with van der Waals surface area (Å²) in [5.41, 5.74) is -0.268. The van der Waals surface area contributed by atoms with Gasteiger partial charge < -0.3 is 15.3 Å². The lowest BCUT2D eigenvalue weighted by Gasteiger charge is -2.43. The number of carbonyl (C=O) groups is 1. The maximum absolute atomic E-state index is 14.0. The number of sulfonamides is 1. The van der Waals surface area contributed by atoms with Crippen molar-refractivity contribution in [2.75, 3.05) is 46.0 Å². The second-order valence-electron chi connectivity index (χ2n) is 7.75. The van der Waals surface area contributed by atoms with Gasteiger partial charge in [0.05, 0.1) is 17.3 Å². The first-order valence-electron chi connectivity index (χ1n) is 8.96. The zero-order valence-corrected chi connectivity index (χ0v) is 16.4. The highest BCUT2D eigenvalue weighted by molar-refractivity contribution is 7.89. The molecule has 0 saturated carbocycles. The van der Waals surface area contributed by atoms with Gasteiger partial charge in [0.25, 0.3) is 0 Å². The Bertz CT molecular complexity index is 811. The fourth-order valence-electron chi connectivity index (χ4n) is 3.72. The molecule has 0 radical (unpaired) electrons. The molecule has 0 spiro atoms. The van der Waals surface area contributed by atoms with Crippen LogP contribution in [-0.2, 0) is 21.2 Å². The summed E-state index contributed by atoms with van der Waals surface area (Å²) in [6.07, 6.45) is -0.610. The number of hydrogen-bond acceptors (Lipinski definition) is 5. The predicted octanol–water partition coefficient (Wildman–Crippen LogP) is -0.331. The first-order chi connectivity index (χ1) is 12.6. The van der Waals surface area contributed by atoms with Crippen LogP contribution in [-0.4, -0.2) is 80.8 Å². The van der Waals surface area contributed by atoms with Gasteiger partial charge >= 0.3 is 0 Å². The van der Waals surface area contributed by atoms with Crippen molar-refractivity contribution in [1.82, 2.24) is 14.5 Å². The summed E-state index contributed by atoms with van der Waals surface area (Å²) >= 11 is 0. The third-order valence-corrected chi connectivity index (χ3v) is 7.50. The smallest absolute Gasteiger partial charge is 0.231 e. The zero-order chi connectivity index (χ0) is 19.8. The van der Waals surface area contributed by atoms with Gasteiger partial charge in [0, 0.05) is 46.2 Å². The maximum atomic E-state index is 14.0. The molecule has 7 nitrogen and oxygen atoms in total. The van der Waals surface area contributed by atoms with Crippen LogP contribution in [0, 0.1) is 17.2 Å². The van der Waals surface area contributed by atoms with E-state index in [1.165, 1.54) is 25.1 Å². The molecule has 2 saturated heterocycles. The van der Waals surface area contributed by atoms with Gasteiger partial charge in [-0.3, -0.25) is 4.79 Å². The van der Waals surface area contributed by atoms with Crippen LogP contribution in [0.4, 0.5) is 4.39 Å². The summed E-state index contributed by atoms with van der Waals surface area (Å²) in [5, 5.41) is 13.4. The largest absolute Gasteiger partial charge is 0.391 e. The van der Waals surface area contributed by atoms with Crippen molar-refractivity contribution < 1.29 is 22.7 Å². The number of aliphatic hydroxyl groups is 1. The van der Waals surface area contributed by atoms with Crippen LogP contribution >= 0.6 is 0 Å². The molecule has 0 unspecified atom stereocenters. The van der Waals surface area contributed by atoms with Crippen molar-refractivity contribution >= 4 is 15.9 Å². The number of likely N-dealkylation sites (tertiary alicyclic amines) is 1. The lowest BCUT2D eigenvalue weighted by molar-refractivity contribution is -0.144. The van der Waals surface area contributed by atoms with E-state index in [1.807, 2.05) is 0 Å². The van der Waals surface area contributed by atoms with E-state index in [2.05, 4.69) is 5.32 Å². The van der Waals surface area contributed by atoms with E-state index in [1.54, 1.807) is 18.2 Å². The number of aliphatic hydroxyl groups excluding tert-OH is 1. The topological polar surface area (TPSA) is 90.0 Å². The number of carbonyl (C=O) groups excluding carboxylic acids is 1. The minimum Gasteiger partial charge on any atom is -0.391 e. The van der Waals surface area contributed by atoms with E-state index in [0.29, 0.717) is 18.7 Å². The van der Waals surface area contributed by atoms with Gasteiger partial charge in [0.15, 0.2) is 0 Å². The average Bonchev–Trinajstić information content (AvgIpc) is 2.92. The van der Waals surface area contributed by atoms with Crippen LogP contribution < -0.4 is 5.32 Å². The number of β-amino-alcohol motifs (C(OH)–C–C–N with tert-alkyl or cyclic N) is 1. The molecular formula is C18H26FN3O4S. The van der Waals surface area contributed by atoms with Crippen molar-refractivity contribution in [3.05, 3.63) is 35.6 Å². The van der Waals surface area contributed by atoms with Gasteiger partial charge in [0.1, 0.15) is 5.82 Å². The van der Waals surface area contributed by atoms with Crippen molar-refractivity contribution in [3.8, 4) is 0 Å². The number of rotatable bonds is 6. The molecule has 3 rings (SSSR count). The molecule has 2 heterocycles. The first-order valence-corrected chi connectivity index (χ1v) is 10.6. The summed E-state index contributed by atoms with van der Waals surface area (Å²) in [6.45, 7) is 1.17. The van der Waals surface area contributed by atoms with Gasteiger partial charge in [-0.15, -0.1) is 0 Å². The Morgan fingerprint density at radius 1 is 1.33 bits per heavy atom. The fraction of sp³-hybridized carbons (Fsp3) is 0.611. The standard InChI is InChI=1S/C18H26FN3O4S/c1-21(2)27(25,26)10-14-8-22(9-16(14)23)17(24)18(11-20-12-18)7-13-5-3-4-6-15(13)19/h3-6,14,16,20,23H,7-12H2,1-2H3/t14-,16-/m0/s1. The number of halogens is 1. The van der Waals surface area contributed by atoms with Gasteiger partial charge in [-0.05, 0) is 18.1 Å². The predicted molar refractivity (Wildman–Crippen MR) is 99.0 cm³/mol. The number of nitrogens with zero attached hydrogens (tertiary/aromatic N) is 2. The molecule has 0 aliphatic carbocycles. The van der Waals surface area contributed by atoms with E-state index in [0.717, 1.165) is 4.31 Å². The van der Waals surface area contributed by atoms with Gasteiger partial charge in [-0.25, -0.2) is 17.1 Å². The second kappa shape index (κ2) is 7.46. The summed E-state index contributed by atoms with van der Waals surface area (Å²) in [4.78, 5) is 14.7. The number of amides is 1. The molecule has 9 heteroatoms. The lowest BCUT2D eigenvalue weighted by atomic mass is 9.75. The summed E-state index contributed by atoms with van der Waals surface area (Å²) < 4.78 is 39.4. The normalized spacial score (nSPS) is 24.9. The molecule has 2 aliphatic heterocycles. The average molecular weight is 399 g/mol. The molecule has 2 atom stereocenters. The van der Waals surface area contributed by atoms with Crippen LogP contribution in [0.5, 0.6) is 0 Å². The van der Waals surface area contributed by atoms with Crippen LogP contribution in [0.1, 0.15) is 5.56 Å². The van der Waals surface area contributed by atoms with Crippen LogP contribution in [0.2, 0.25) is 0 Å². The van der Waals surface area contributed by atoms with Crippen molar-refractivity contribution in [3.63, 3.8) is 0 Å². The van der Waals surface area contributed by atoms with E-state index in [-0.39, 0.29) is 37.0 Å². The van der Waals surface area contributed by atoms with E-state index in [9.17, 15) is 22.7 Å². The molecular weight excluding hydrogens is 373 g/mol. The molecule has 2 fully saturated rings. The van der Waals surface area contributed by atoms with Crippen molar-refractivity contribution in [2.45, 2.75) is 12.5 Å². The van der Waals surface area contributed by atoms with E-state index < -0.39 is 27.5 Å². The molecule has 0 aromatic heterocycles. The summed E-state index contributed by atoms with van der Waals surface area (Å²) in [6, 6.07) is 6.40. The number of benzene rings is 1. The maximum Gasteiger partial charge on any atom is 0.231 e. The highest BCUT2D eigenvalue weighted by Crippen LogP contribution is 2.33. The molecule has 1 aromatic carbocycles. The third kappa shape index (κ3) is 4.01. The van der Waals surface area contributed by atoms with Crippen LogP contribution in [0.3, 0.4) is 0 Å². The molecule has 1 aromatic rings. The van der Waals surface area contributed by atoms with E-state index >= 15 is 0 Å². The number of hydrogen-bond donors (Lipinski definition) is 2. The monoisotopic (exact) mass is 399 g/mol. The molecule has 27 heavy (non-hydrogen) atoms. The Labute approximate surface area is 159 Å². The van der Waals surface area contributed by atoms with E-state index in [4.69, 9.17) is 0 Å². The van der Waals surface area contributed by atoms with Gasteiger partial charge in [-0.1, -0.05) is 18.2 Å². The van der Waals surface area contributed by atoms with Crippen LogP contribution in [0.15, 0.2) is 24.3 Å². The van der Waals surface area contributed by atoms with Crippen molar-refractivity contribution in [2.24, 2.45) is 11.3 Å². The third-order valence-electron chi connectivity index (χ3n) is 5.54. The Kier molecular flexibility index (Phi) is 5.58. The highest BCUT2D eigenvalue weighted by Gasteiger charge is 2.49.